The molecule has 0 saturated heterocycles. The number of nitrogens with zero attached hydrogens (tertiary/aromatic N) is 5. The standard InChI is InChI=1S/C24H24N6O3/c1-16-7-9-19(10-8-16)13-28-15-22(12-25-28)26-24(31)21-6-4-5-20(11-21)14-29-18(3)23(30(32)33)17(2)27-29/h4-12,15H,13-14H2,1-3H3,(H,26,31). The SMILES string of the molecule is Cc1ccc(Cn2cc(NC(=O)c3cccc(Cn4nc(C)c([N+](=O)[O-])c4C)c3)cn2)cc1. The van der Waals surface area contributed by atoms with Gasteiger partial charge in [-0.25, -0.2) is 0 Å². The van der Waals surface area contributed by atoms with Crippen molar-refractivity contribution in [3.63, 3.8) is 0 Å². The second-order valence-corrected chi connectivity index (χ2v) is 8.00. The average molecular weight is 444 g/mol. The summed E-state index contributed by atoms with van der Waals surface area (Å²) < 4.78 is 3.35. The van der Waals surface area contributed by atoms with Gasteiger partial charge in [0.15, 0.2) is 0 Å². The molecule has 168 valence electrons. The molecular weight excluding hydrogens is 420 g/mol. The first-order valence-electron chi connectivity index (χ1n) is 10.5. The lowest BCUT2D eigenvalue weighted by Gasteiger charge is -2.07. The molecule has 2 heterocycles. The van der Waals surface area contributed by atoms with Gasteiger partial charge in [0.25, 0.3) is 5.91 Å². The first-order chi connectivity index (χ1) is 15.8. The summed E-state index contributed by atoms with van der Waals surface area (Å²) in [5, 5.41) is 22.7. The minimum absolute atomic E-state index is 0.0200. The van der Waals surface area contributed by atoms with Gasteiger partial charge >= 0.3 is 5.69 Å². The molecule has 33 heavy (non-hydrogen) atoms. The van der Waals surface area contributed by atoms with Crippen molar-refractivity contribution in [1.82, 2.24) is 19.6 Å². The van der Waals surface area contributed by atoms with Gasteiger partial charge in [-0.1, -0.05) is 42.0 Å². The first kappa shape index (κ1) is 21.9. The zero-order chi connectivity index (χ0) is 23.5. The lowest BCUT2D eigenvalue weighted by Crippen LogP contribution is -2.12. The summed E-state index contributed by atoms with van der Waals surface area (Å²) in [7, 11) is 0. The van der Waals surface area contributed by atoms with E-state index in [2.05, 4.69) is 39.8 Å². The molecule has 0 aliphatic heterocycles. The zero-order valence-electron chi connectivity index (χ0n) is 18.6. The van der Waals surface area contributed by atoms with Crippen LogP contribution >= 0.6 is 0 Å². The van der Waals surface area contributed by atoms with E-state index in [-0.39, 0.29) is 11.6 Å². The Balaban J connectivity index is 1.44. The van der Waals surface area contributed by atoms with Crippen LogP contribution in [0, 0.1) is 30.9 Å². The largest absolute Gasteiger partial charge is 0.319 e. The zero-order valence-corrected chi connectivity index (χ0v) is 18.6. The van der Waals surface area contributed by atoms with Gasteiger partial charge < -0.3 is 5.32 Å². The second-order valence-electron chi connectivity index (χ2n) is 8.00. The van der Waals surface area contributed by atoms with Crippen LogP contribution in [0.25, 0.3) is 0 Å². The quantitative estimate of drug-likeness (QED) is 0.338. The monoisotopic (exact) mass is 444 g/mol. The number of nitro groups is 1. The minimum Gasteiger partial charge on any atom is -0.319 e. The Morgan fingerprint density at radius 2 is 1.82 bits per heavy atom. The maximum atomic E-state index is 12.8. The van der Waals surface area contributed by atoms with Gasteiger partial charge in [-0.3, -0.25) is 24.3 Å². The van der Waals surface area contributed by atoms with Gasteiger partial charge in [-0.2, -0.15) is 10.2 Å². The Bertz CT molecular complexity index is 1320. The van der Waals surface area contributed by atoms with Crippen LogP contribution in [-0.2, 0) is 13.1 Å². The summed E-state index contributed by atoms with van der Waals surface area (Å²) in [6, 6.07) is 15.3. The Hall–Kier alpha value is -4.27. The van der Waals surface area contributed by atoms with Gasteiger partial charge in [-0.05, 0) is 44.0 Å². The van der Waals surface area contributed by atoms with Crippen molar-refractivity contribution < 1.29 is 9.72 Å². The van der Waals surface area contributed by atoms with E-state index in [1.54, 1.807) is 53.8 Å². The van der Waals surface area contributed by atoms with Crippen LogP contribution in [0.5, 0.6) is 0 Å². The smallest absolute Gasteiger partial charge is 0.312 e. The number of aromatic nitrogens is 4. The van der Waals surface area contributed by atoms with Crippen LogP contribution in [0.15, 0.2) is 60.9 Å². The minimum atomic E-state index is -0.420. The number of carbonyl (C=O) groups is 1. The number of benzene rings is 2. The van der Waals surface area contributed by atoms with Crippen molar-refractivity contribution in [2.24, 2.45) is 0 Å². The third kappa shape index (κ3) is 4.98. The van der Waals surface area contributed by atoms with Crippen LogP contribution in [0.4, 0.5) is 11.4 Å². The van der Waals surface area contributed by atoms with E-state index in [4.69, 9.17) is 0 Å². The Morgan fingerprint density at radius 1 is 1.06 bits per heavy atom. The normalized spacial score (nSPS) is 10.9. The number of nitrogens with one attached hydrogen (secondary N) is 1. The highest BCUT2D eigenvalue weighted by molar-refractivity contribution is 6.04. The van der Waals surface area contributed by atoms with Gasteiger partial charge in [0, 0.05) is 11.8 Å². The summed E-state index contributed by atoms with van der Waals surface area (Å²) in [6.07, 6.45) is 3.40. The topological polar surface area (TPSA) is 108 Å². The third-order valence-electron chi connectivity index (χ3n) is 5.40. The second kappa shape index (κ2) is 9.07. The molecule has 9 nitrogen and oxygen atoms in total. The molecule has 0 atom stereocenters. The molecule has 0 aliphatic carbocycles. The predicted molar refractivity (Wildman–Crippen MR) is 124 cm³/mol. The molecule has 1 N–H and O–H groups in total. The molecule has 0 spiro atoms. The molecule has 4 rings (SSSR count). The van der Waals surface area contributed by atoms with Gasteiger partial charge in [0.1, 0.15) is 11.4 Å². The molecule has 2 aromatic carbocycles. The molecular formula is C24H24N6O3. The lowest BCUT2D eigenvalue weighted by atomic mass is 10.1. The number of anilines is 1. The number of amides is 1. The first-order valence-corrected chi connectivity index (χ1v) is 10.5. The van der Waals surface area contributed by atoms with Gasteiger partial charge in [0.2, 0.25) is 0 Å². The van der Waals surface area contributed by atoms with E-state index in [1.165, 1.54) is 5.56 Å². The number of rotatable bonds is 7. The maximum absolute atomic E-state index is 12.8. The number of carbonyl (C=O) groups excluding carboxylic acids is 1. The molecule has 0 fully saturated rings. The van der Waals surface area contributed by atoms with Gasteiger partial charge in [0.05, 0.1) is 29.9 Å². The number of hydrogen-bond acceptors (Lipinski definition) is 5. The third-order valence-corrected chi connectivity index (χ3v) is 5.40. The van der Waals surface area contributed by atoms with Crippen molar-refractivity contribution >= 4 is 17.3 Å². The highest BCUT2D eigenvalue weighted by atomic mass is 16.6. The molecule has 0 unspecified atom stereocenters. The molecule has 0 radical (unpaired) electrons. The van der Waals surface area contributed by atoms with Crippen molar-refractivity contribution in [3.8, 4) is 0 Å². The highest BCUT2D eigenvalue weighted by Gasteiger charge is 2.21. The fourth-order valence-electron chi connectivity index (χ4n) is 3.69. The number of aryl methyl sites for hydroxylation is 2. The van der Waals surface area contributed by atoms with Crippen LogP contribution in [0.1, 0.15) is 38.4 Å². The molecule has 0 bridgehead atoms. The predicted octanol–water partition coefficient (Wildman–Crippen LogP) is 4.26. The molecule has 0 saturated carbocycles. The van der Waals surface area contributed by atoms with Crippen molar-refractivity contribution in [1.29, 1.82) is 0 Å². The molecule has 2 aromatic heterocycles. The fourth-order valence-corrected chi connectivity index (χ4v) is 3.69. The van der Waals surface area contributed by atoms with E-state index in [9.17, 15) is 14.9 Å². The summed E-state index contributed by atoms with van der Waals surface area (Å²) in [5.74, 6) is -0.258. The van der Waals surface area contributed by atoms with Crippen LogP contribution in [0.3, 0.4) is 0 Å². The summed E-state index contributed by atoms with van der Waals surface area (Å²) in [6.45, 7) is 6.27. The maximum Gasteiger partial charge on any atom is 0.312 e. The Kier molecular flexibility index (Phi) is 6.03. The molecule has 0 aliphatic rings. The Labute approximate surface area is 190 Å². The van der Waals surface area contributed by atoms with E-state index < -0.39 is 4.92 Å². The van der Waals surface area contributed by atoms with Crippen molar-refractivity contribution in [2.75, 3.05) is 5.32 Å². The van der Waals surface area contributed by atoms with E-state index in [0.717, 1.165) is 11.1 Å². The van der Waals surface area contributed by atoms with E-state index in [1.807, 2.05) is 13.0 Å². The van der Waals surface area contributed by atoms with Gasteiger partial charge in [-0.15, -0.1) is 0 Å². The molecule has 1 amide bonds. The average Bonchev–Trinajstić information content (AvgIpc) is 3.33. The summed E-state index contributed by atoms with van der Waals surface area (Å²) >= 11 is 0. The van der Waals surface area contributed by atoms with Crippen LogP contribution in [0.2, 0.25) is 0 Å². The fraction of sp³-hybridized carbons (Fsp3) is 0.208. The van der Waals surface area contributed by atoms with E-state index in [0.29, 0.717) is 35.7 Å². The lowest BCUT2D eigenvalue weighted by molar-refractivity contribution is -0.386. The summed E-state index contributed by atoms with van der Waals surface area (Å²) in [4.78, 5) is 23.6. The Morgan fingerprint density at radius 3 is 2.52 bits per heavy atom. The molecule has 9 heteroatoms. The van der Waals surface area contributed by atoms with E-state index >= 15 is 0 Å². The van der Waals surface area contributed by atoms with Crippen LogP contribution < -0.4 is 5.32 Å². The van der Waals surface area contributed by atoms with Crippen LogP contribution in [-0.4, -0.2) is 30.4 Å². The van der Waals surface area contributed by atoms with Crippen molar-refractivity contribution in [3.05, 3.63) is 105 Å². The highest BCUT2D eigenvalue weighted by Crippen LogP contribution is 2.23. The number of hydrogen-bond donors (Lipinski definition) is 1. The molecule has 4 aromatic rings. The van der Waals surface area contributed by atoms with Crippen molar-refractivity contribution in [2.45, 2.75) is 33.9 Å². The summed E-state index contributed by atoms with van der Waals surface area (Å²) in [5.41, 5.74) is 5.10.